The number of hydrogen-bond acceptors (Lipinski definition) is 4. The van der Waals surface area contributed by atoms with E-state index < -0.39 is 0 Å². The van der Waals surface area contributed by atoms with Gasteiger partial charge in [0.25, 0.3) is 0 Å². The summed E-state index contributed by atoms with van der Waals surface area (Å²) in [6.07, 6.45) is 6.36. The van der Waals surface area contributed by atoms with Crippen LogP contribution in [-0.4, -0.2) is 40.7 Å². The maximum Gasteiger partial charge on any atom is 0.119 e. The van der Waals surface area contributed by atoms with Crippen molar-refractivity contribution in [1.82, 2.24) is 14.5 Å². The van der Waals surface area contributed by atoms with Crippen LogP contribution in [0.3, 0.4) is 0 Å². The number of imidazole rings is 1. The first-order valence-corrected chi connectivity index (χ1v) is 14.0. The van der Waals surface area contributed by atoms with Gasteiger partial charge >= 0.3 is 0 Å². The second-order valence-electron chi connectivity index (χ2n) is 9.54. The summed E-state index contributed by atoms with van der Waals surface area (Å²) in [4.78, 5) is 7.44. The van der Waals surface area contributed by atoms with E-state index in [4.69, 9.17) is 14.5 Å². The molecule has 0 aliphatic heterocycles. The number of aromatic nitrogens is 2. The van der Waals surface area contributed by atoms with Crippen molar-refractivity contribution in [1.29, 1.82) is 0 Å². The van der Waals surface area contributed by atoms with Gasteiger partial charge in [0, 0.05) is 30.4 Å². The molecule has 0 spiro atoms. The fourth-order valence-electron chi connectivity index (χ4n) is 4.48. The number of unbranched alkanes of at least 4 members (excludes halogenated alkanes) is 1. The normalized spacial score (nSPS) is 11.2. The summed E-state index contributed by atoms with van der Waals surface area (Å²) < 4.78 is 14.2. The summed E-state index contributed by atoms with van der Waals surface area (Å²) in [6, 6.07) is 26.8. The predicted molar refractivity (Wildman–Crippen MR) is 156 cm³/mol. The van der Waals surface area contributed by atoms with Gasteiger partial charge in [-0.15, -0.1) is 0 Å². The van der Waals surface area contributed by atoms with Crippen LogP contribution in [0.2, 0.25) is 0 Å². The molecule has 0 fully saturated rings. The highest BCUT2D eigenvalue weighted by atomic mass is 16.5. The molecule has 0 bridgehead atoms. The van der Waals surface area contributed by atoms with Gasteiger partial charge in [-0.1, -0.05) is 57.5 Å². The molecule has 4 aromatic rings. The minimum atomic E-state index is 0.562. The Morgan fingerprint density at radius 1 is 0.763 bits per heavy atom. The van der Waals surface area contributed by atoms with Crippen molar-refractivity contribution >= 4 is 0 Å². The number of hydrogen-bond donors (Lipinski definition) is 0. The molecule has 5 nitrogen and oxygen atoms in total. The van der Waals surface area contributed by atoms with Gasteiger partial charge in [-0.05, 0) is 80.0 Å². The van der Waals surface area contributed by atoms with Gasteiger partial charge < -0.3 is 18.9 Å². The van der Waals surface area contributed by atoms with Crippen LogP contribution in [0.4, 0.5) is 0 Å². The Bertz CT molecular complexity index is 1210. The average molecular weight is 512 g/mol. The third-order valence-electron chi connectivity index (χ3n) is 6.83. The maximum absolute atomic E-state index is 5.98. The Labute approximate surface area is 228 Å². The molecule has 0 aliphatic carbocycles. The number of aryl methyl sites for hydroxylation is 1. The third-order valence-corrected chi connectivity index (χ3v) is 6.83. The highest BCUT2D eigenvalue weighted by Gasteiger charge is 2.12. The average Bonchev–Trinajstić information content (AvgIpc) is 3.40. The van der Waals surface area contributed by atoms with E-state index in [9.17, 15) is 0 Å². The zero-order valence-electron chi connectivity index (χ0n) is 23.1. The number of rotatable bonds is 15. The van der Waals surface area contributed by atoms with Gasteiger partial charge in [-0.3, -0.25) is 0 Å². The molecule has 4 rings (SSSR count). The summed E-state index contributed by atoms with van der Waals surface area (Å²) in [6.45, 7) is 11.2. The van der Waals surface area contributed by atoms with Gasteiger partial charge in [-0.2, -0.15) is 0 Å². The molecule has 38 heavy (non-hydrogen) atoms. The molecule has 0 N–H and O–H groups in total. The van der Waals surface area contributed by atoms with E-state index in [0.717, 1.165) is 91.8 Å². The fraction of sp³-hybridized carbons (Fsp3) is 0.364. The Kier molecular flexibility index (Phi) is 10.4. The molecule has 0 saturated carbocycles. The number of benzene rings is 3. The Balaban J connectivity index is 1.42. The number of ether oxygens (including phenoxy) is 2. The standard InChI is InChI=1S/C33H41N3O2/c1-4-7-14-33-34-32(28-15-19-30(20-16-28)37-24-11-23-35(5-2)6-3)25-36(33)29-17-21-31(22-18-29)38-26-27-12-9-8-10-13-27/h8-10,12-13,15-22,25H,4-7,11,14,23-24,26H2,1-3H3. The first-order valence-electron chi connectivity index (χ1n) is 14.0. The van der Waals surface area contributed by atoms with E-state index in [2.05, 4.69) is 85.0 Å². The largest absolute Gasteiger partial charge is 0.494 e. The van der Waals surface area contributed by atoms with E-state index in [1.807, 2.05) is 30.3 Å². The quantitative estimate of drug-likeness (QED) is 0.154. The monoisotopic (exact) mass is 511 g/mol. The van der Waals surface area contributed by atoms with Crippen molar-refractivity contribution in [3.8, 4) is 28.4 Å². The van der Waals surface area contributed by atoms with Gasteiger partial charge in [0.1, 0.15) is 23.9 Å². The van der Waals surface area contributed by atoms with Crippen molar-refractivity contribution in [3.63, 3.8) is 0 Å². The molecule has 3 aromatic carbocycles. The van der Waals surface area contributed by atoms with Crippen LogP contribution in [0, 0.1) is 0 Å². The first-order chi connectivity index (χ1) is 18.7. The summed E-state index contributed by atoms with van der Waals surface area (Å²) in [7, 11) is 0. The van der Waals surface area contributed by atoms with Crippen molar-refractivity contribution in [3.05, 3.63) is 96.4 Å². The van der Waals surface area contributed by atoms with Crippen molar-refractivity contribution < 1.29 is 9.47 Å². The van der Waals surface area contributed by atoms with Crippen LogP contribution in [0.25, 0.3) is 16.9 Å². The van der Waals surface area contributed by atoms with Crippen molar-refractivity contribution in [2.45, 2.75) is 53.1 Å². The van der Waals surface area contributed by atoms with Gasteiger partial charge in [0.2, 0.25) is 0 Å². The van der Waals surface area contributed by atoms with E-state index in [1.54, 1.807) is 0 Å². The lowest BCUT2D eigenvalue weighted by molar-refractivity contribution is 0.249. The molecule has 1 heterocycles. The molecule has 1 aromatic heterocycles. The topological polar surface area (TPSA) is 39.5 Å². The zero-order valence-corrected chi connectivity index (χ0v) is 23.1. The van der Waals surface area contributed by atoms with E-state index >= 15 is 0 Å². The smallest absolute Gasteiger partial charge is 0.119 e. The third kappa shape index (κ3) is 7.72. The highest BCUT2D eigenvalue weighted by molar-refractivity contribution is 5.61. The van der Waals surface area contributed by atoms with Crippen molar-refractivity contribution in [2.75, 3.05) is 26.2 Å². The van der Waals surface area contributed by atoms with Crippen LogP contribution < -0.4 is 9.47 Å². The molecule has 0 aliphatic rings. The summed E-state index contributed by atoms with van der Waals surface area (Å²) in [5.74, 6) is 2.85. The fourth-order valence-corrected chi connectivity index (χ4v) is 4.48. The van der Waals surface area contributed by atoms with Crippen LogP contribution in [0.1, 0.15) is 51.4 Å². The molecular weight excluding hydrogens is 470 g/mol. The second kappa shape index (κ2) is 14.4. The zero-order chi connectivity index (χ0) is 26.6. The lowest BCUT2D eigenvalue weighted by atomic mass is 10.1. The lowest BCUT2D eigenvalue weighted by Gasteiger charge is -2.17. The van der Waals surface area contributed by atoms with Crippen LogP contribution in [-0.2, 0) is 13.0 Å². The highest BCUT2D eigenvalue weighted by Crippen LogP contribution is 2.26. The van der Waals surface area contributed by atoms with Gasteiger partial charge in [0.15, 0.2) is 0 Å². The molecule has 0 amide bonds. The van der Waals surface area contributed by atoms with E-state index in [0.29, 0.717) is 6.61 Å². The van der Waals surface area contributed by atoms with Crippen molar-refractivity contribution in [2.24, 2.45) is 0 Å². The SMILES string of the molecule is CCCCc1nc(-c2ccc(OCCCN(CC)CC)cc2)cn1-c1ccc(OCc2ccccc2)cc1. The van der Waals surface area contributed by atoms with Gasteiger partial charge in [0.05, 0.1) is 12.3 Å². The van der Waals surface area contributed by atoms with Crippen LogP contribution >= 0.6 is 0 Å². The lowest BCUT2D eigenvalue weighted by Crippen LogP contribution is -2.25. The Morgan fingerprint density at radius 3 is 2.13 bits per heavy atom. The molecular formula is C33H41N3O2. The molecule has 5 heteroatoms. The summed E-state index contributed by atoms with van der Waals surface area (Å²) in [5.41, 5.74) is 4.33. The second-order valence-corrected chi connectivity index (χ2v) is 9.54. The summed E-state index contributed by atoms with van der Waals surface area (Å²) in [5, 5.41) is 0. The Hall–Kier alpha value is -3.57. The minimum Gasteiger partial charge on any atom is -0.494 e. The van der Waals surface area contributed by atoms with E-state index in [1.165, 1.54) is 0 Å². The first kappa shape index (κ1) is 27.5. The van der Waals surface area contributed by atoms with E-state index in [-0.39, 0.29) is 0 Å². The minimum absolute atomic E-state index is 0.562. The van der Waals surface area contributed by atoms with Crippen LogP contribution in [0.5, 0.6) is 11.5 Å². The number of nitrogens with zero attached hydrogens (tertiary/aromatic N) is 3. The molecule has 200 valence electrons. The predicted octanol–water partition coefficient (Wildman–Crippen LogP) is 7.57. The van der Waals surface area contributed by atoms with Gasteiger partial charge in [-0.25, -0.2) is 4.98 Å². The summed E-state index contributed by atoms with van der Waals surface area (Å²) >= 11 is 0. The molecule has 0 atom stereocenters. The molecule has 0 saturated heterocycles. The molecule has 0 unspecified atom stereocenters. The Morgan fingerprint density at radius 2 is 1.45 bits per heavy atom. The molecule has 0 radical (unpaired) electrons. The maximum atomic E-state index is 5.98. The van der Waals surface area contributed by atoms with Crippen LogP contribution in [0.15, 0.2) is 85.1 Å².